The van der Waals surface area contributed by atoms with Crippen LogP contribution in [0.4, 0.5) is 5.82 Å². The van der Waals surface area contributed by atoms with Crippen LogP contribution < -0.4 is 5.32 Å². The van der Waals surface area contributed by atoms with Gasteiger partial charge in [0.2, 0.25) is 11.8 Å². The third kappa shape index (κ3) is 7.50. The number of amides is 2. The number of unbranched alkanes of at least 4 members (excludes halogenated alkanes) is 2. The Balaban J connectivity index is 2.24. The number of benzene rings is 1. The molecule has 0 bridgehead atoms. The number of hydrogen-bond acceptors (Lipinski definition) is 3. The highest BCUT2D eigenvalue weighted by molar-refractivity contribution is 5.94. The standard InChI is InChI=1S/C26H40N4O2/c1-8-9-10-14-25(32)29(17-19(2)3)18-24(31)27-23-16-22(26(5,6)7)28-30(23)21-13-11-12-20(4)15-21/h11-13,15-16,19H,8-10,14,17-18H2,1-7H3,(H,27,31). The zero-order valence-corrected chi connectivity index (χ0v) is 20.9. The van der Waals surface area contributed by atoms with E-state index in [0.29, 0.717) is 24.7 Å². The van der Waals surface area contributed by atoms with E-state index >= 15 is 0 Å². The topological polar surface area (TPSA) is 67.2 Å². The number of aryl methyl sites for hydroxylation is 1. The predicted molar refractivity (Wildman–Crippen MR) is 131 cm³/mol. The predicted octanol–water partition coefficient (Wildman–Crippen LogP) is 5.48. The molecule has 0 saturated carbocycles. The Morgan fingerprint density at radius 3 is 2.47 bits per heavy atom. The molecule has 2 rings (SSSR count). The number of rotatable bonds is 10. The van der Waals surface area contributed by atoms with Crippen molar-refractivity contribution in [2.75, 3.05) is 18.4 Å². The zero-order chi connectivity index (χ0) is 23.9. The average Bonchev–Trinajstić information content (AvgIpc) is 3.11. The summed E-state index contributed by atoms with van der Waals surface area (Å²) in [6.07, 6.45) is 3.44. The first-order valence-electron chi connectivity index (χ1n) is 11.8. The van der Waals surface area contributed by atoms with Crippen LogP contribution in [0.2, 0.25) is 0 Å². The quantitative estimate of drug-likeness (QED) is 0.497. The molecular formula is C26H40N4O2. The van der Waals surface area contributed by atoms with Gasteiger partial charge in [0.1, 0.15) is 5.82 Å². The summed E-state index contributed by atoms with van der Waals surface area (Å²) in [5, 5.41) is 7.79. The lowest BCUT2D eigenvalue weighted by atomic mass is 9.92. The largest absolute Gasteiger partial charge is 0.333 e. The second-order valence-electron chi connectivity index (χ2n) is 10.1. The van der Waals surface area contributed by atoms with Crippen molar-refractivity contribution in [2.24, 2.45) is 5.92 Å². The second kappa shape index (κ2) is 11.3. The van der Waals surface area contributed by atoms with E-state index in [2.05, 4.69) is 46.9 Å². The Hall–Kier alpha value is -2.63. The first-order chi connectivity index (χ1) is 15.0. The summed E-state index contributed by atoms with van der Waals surface area (Å²) in [5.74, 6) is 0.755. The van der Waals surface area contributed by atoms with Crippen LogP contribution in [0.1, 0.15) is 78.5 Å². The SMILES string of the molecule is CCCCCC(=O)N(CC(=O)Nc1cc(C(C)(C)C)nn1-c1cccc(C)c1)CC(C)C. The fraction of sp³-hybridized carbons (Fsp3) is 0.577. The Morgan fingerprint density at radius 1 is 1.16 bits per heavy atom. The molecule has 0 aliphatic heterocycles. The minimum absolute atomic E-state index is 0.0462. The molecular weight excluding hydrogens is 400 g/mol. The summed E-state index contributed by atoms with van der Waals surface area (Å²) in [6.45, 7) is 15.2. The maximum absolute atomic E-state index is 13.0. The summed E-state index contributed by atoms with van der Waals surface area (Å²) in [7, 11) is 0. The van der Waals surface area contributed by atoms with Crippen molar-refractivity contribution in [1.82, 2.24) is 14.7 Å². The number of nitrogens with zero attached hydrogens (tertiary/aromatic N) is 3. The van der Waals surface area contributed by atoms with Crippen LogP contribution in [0.25, 0.3) is 5.69 Å². The van der Waals surface area contributed by atoms with Gasteiger partial charge in [-0.15, -0.1) is 0 Å². The third-order valence-corrected chi connectivity index (χ3v) is 5.26. The monoisotopic (exact) mass is 440 g/mol. The molecule has 0 saturated heterocycles. The molecule has 0 aliphatic rings. The maximum atomic E-state index is 13.0. The lowest BCUT2D eigenvalue weighted by Gasteiger charge is -2.24. The molecule has 1 aromatic heterocycles. The van der Waals surface area contributed by atoms with Gasteiger partial charge in [-0.3, -0.25) is 9.59 Å². The highest BCUT2D eigenvalue weighted by Gasteiger charge is 2.23. The molecule has 2 amide bonds. The molecule has 1 aromatic carbocycles. The first-order valence-corrected chi connectivity index (χ1v) is 11.8. The van der Waals surface area contributed by atoms with Gasteiger partial charge < -0.3 is 10.2 Å². The van der Waals surface area contributed by atoms with Crippen LogP contribution in [-0.2, 0) is 15.0 Å². The van der Waals surface area contributed by atoms with E-state index in [9.17, 15) is 9.59 Å². The normalized spacial score (nSPS) is 11.6. The number of carbonyl (C=O) groups is 2. The van der Waals surface area contributed by atoms with Gasteiger partial charge in [0.25, 0.3) is 0 Å². The Labute approximate surface area is 193 Å². The van der Waals surface area contributed by atoms with Crippen molar-refractivity contribution in [1.29, 1.82) is 0 Å². The number of carbonyl (C=O) groups excluding carboxylic acids is 2. The molecule has 0 atom stereocenters. The molecule has 0 radical (unpaired) electrons. The van der Waals surface area contributed by atoms with E-state index in [1.54, 1.807) is 9.58 Å². The van der Waals surface area contributed by atoms with Gasteiger partial charge in [0, 0.05) is 24.4 Å². The summed E-state index contributed by atoms with van der Waals surface area (Å²) in [5.41, 5.74) is 2.75. The molecule has 0 unspecified atom stereocenters. The summed E-state index contributed by atoms with van der Waals surface area (Å²) < 4.78 is 1.78. The van der Waals surface area contributed by atoms with Crippen molar-refractivity contribution >= 4 is 17.6 Å². The van der Waals surface area contributed by atoms with E-state index in [1.165, 1.54) is 0 Å². The van der Waals surface area contributed by atoms with Crippen molar-refractivity contribution in [3.8, 4) is 5.69 Å². The van der Waals surface area contributed by atoms with Crippen LogP contribution in [0.15, 0.2) is 30.3 Å². The molecule has 32 heavy (non-hydrogen) atoms. The van der Waals surface area contributed by atoms with E-state index < -0.39 is 0 Å². The van der Waals surface area contributed by atoms with Gasteiger partial charge in [-0.05, 0) is 37.0 Å². The first kappa shape index (κ1) is 25.6. The minimum Gasteiger partial charge on any atom is -0.333 e. The smallest absolute Gasteiger partial charge is 0.245 e. The second-order valence-corrected chi connectivity index (χ2v) is 10.1. The highest BCUT2D eigenvalue weighted by atomic mass is 16.2. The average molecular weight is 441 g/mol. The van der Waals surface area contributed by atoms with Gasteiger partial charge in [0.15, 0.2) is 0 Å². The Bertz CT molecular complexity index is 909. The van der Waals surface area contributed by atoms with Crippen molar-refractivity contribution in [3.05, 3.63) is 41.6 Å². The minimum atomic E-state index is -0.205. The van der Waals surface area contributed by atoms with Gasteiger partial charge in [-0.1, -0.05) is 66.5 Å². The van der Waals surface area contributed by atoms with Crippen LogP contribution in [0.5, 0.6) is 0 Å². The van der Waals surface area contributed by atoms with Crippen LogP contribution in [0.3, 0.4) is 0 Å². The lowest BCUT2D eigenvalue weighted by molar-refractivity contribution is -0.135. The lowest BCUT2D eigenvalue weighted by Crippen LogP contribution is -2.40. The van der Waals surface area contributed by atoms with Gasteiger partial charge >= 0.3 is 0 Å². The third-order valence-electron chi connectivity index (χ3n) is 5.26. The Kier molecular flexibility index (Phi) is 9.05. The van der Waals surface area contributed by atoms with E-state index in [-0.39, 0.29) is 23.8 Å². The fourth-order valence-corrected chi connectivity index (χ4v) is 3.53. The number of aromatic nitrogens is 2. The number of anilines is 1. The number of hydrogen-bond donors (Lipinski definition) is 1. The van der Waals surface area contributed by atoms with Crippen LogP contribution >= 0.6 is 0 Å². The van der Waals surface area contributed by atoms with Crippen molar-refractivity contribution in [2.45, 2.75) is 79.6 Å². The Morgan fingerprint density at radius 2 is 1.88 bits per heavy atom. The molecule has 0 spiro atoms. The van der Waals surface area contributed by atoms with Gasteiger partial charge in [-0.2, -0.15) is 5.10 Å². The fourth-order valence-electron chi connectivity index (χ4n) is 3.53. The summed E-state index contributed by atoms with van der Waals surface area (Å²) >= 11 is 0. The zero-order valence-electron chi connectivity index (χ0n) is 20.9. The van der Waals surface area contributed by atoms with Crippen LogP contribution in [-0.4, -0.2) is 39.6 Å². The molecule has 176 valence electrons. The molecule has 6 heteroatoms. The van der Waals surface area contributed by atoms with Gasteiger partial charge in [-0.25, -0.2) is 4.68 Å². The van der Waals surface area contributed by atoms with E-state index in [4.69, 9.17) is 5.10 Å². The molecule has 6 nitrogen and oxygen atoms in total. The highest BCUT2D eigenvalue weighted by Crippen LogP contribution is 2.26. The molecule has 2 aromatic rings. The van der Waals surface area contributed by atoms with Crippen molar-refractivity contribution < 1.29 is 9.59 Å². The number of nitrogens with one attached hydrogen (secondary N) is 1. The molecule has 0 aliphatic carbocycles. The molecule has 1 N–H and O–H groups in total. The van der Waals surface area contributed by atoms with Gasteiger partial charge in [0.05, 0.1) is 17.9 Å². The molecule has 1 heterocycles. The van der Waals surface area contributed by atoms with Crippen LogP contribution in [0, 0.1) is 12.8 Å². The van der Waals surface area contributed by atoms with E-state index in [0.717, 1.165) is 36.2 Å². The maximum Gasteiger partial charge on any atom is 0.245 e. The van der Waals surface area contributed by atoms with E-state index in [1.807, 2.05) is 37.3 Å². The molecule has 0 fully saturated rings. The summed E-state index contributed by atoms with van der Waals surface area (Å²) in [4.78, 5) is 27.4. The summed E-state index contributed by atoms with van der Waals surface area (Å²) in [6, 6.07) is 9.95. The van der Waals surface area contributed by atoms with Crippen molar-refractivity contribution in [3.63, 3.8) is 0 Å².